The minimum Gasteiger partial charge on any atom is -0.490 e. The third-order valence-corrected chi connectivity index (χ3v) is 7.15. The summed E-state index contributed by atoms with van der Waals surface area (Å²) >= 11 is 0. The van der Waals surface area contributed by atoms with Gasteiger partial charge in [-0.15, -0.1) is 0 Å². The molecule has 0 atom stereocenters. The van der Waals surface area contributed by atoms with Crippen molar-refractivity contribution in [2.45, 2.75) is 45.1 Å². The SMILES string of the molecule is CCC(=O)N1CCC(Oc2ccc(-c3ccc4cccnc4c3OCCN3CCCC3)cc2)CC1. The molecule has 0 aliphatic carbocycles. The Morgan fingerprint density at radius 3 is 2.51 bits per heavy atom. The first kappa shape index (κ1) is 23.6. The van der Waals surface area contributed by atoms with Crippen molar-refractivity contribution in [3.8, 4) is 22.6 Å². The monoisotopic (exact) mass is 473 g/mol. The number of hydrogen-bond donors (Lipinski definition) is 0. The van der Waals surface area contributed by atoms with Crippen molar-refractivity contribution in [2.75, 3.05) is 39.3 Å². The standard InChI is InChI=1S/C29H35N3O3/c1-2-27(33)32-18-13-25(14-19-32)35-24-10-7-22(8-11-24)26-12-9-23-6-5-15-30-28(23)29(26)34-21-20-31-16-3-4-17-31/h5-12,15,25H,2-4,13-14,16-21H2,1H3. The minimum absolute atomic E-state index is 0.149. The molecule has 1 amide bonds. The largest absolute Gasteiger partial charge is 0.490 e. The molecule has 2 aromatic carbocycles. The van der Waals surface area contributed by atoms with Crippen molar-refractivity contribution in [3.63, 3.8) is 0 Å². The van der Waals surface area contributed by atoms with E-state index in [4.69, 9.17) is 9.47 Å². The second-order valence-electron chi connectivity index (χ2n) is 9.49. The van der Waals surface area contributed by atoms with E-state index in [0.717, 1.165) is 66.0 Å². The maximum atomic E-state index is 11.9. The average molecular weight is 474 g/mol. The molecule has 1 aromatic heterocycles. The predicted octanol–water partition coefficient (Wildman–Crippen LogP) is 5.16. The molecule has 35 heavy (non-hydrogen) atoms. The zero-order valence-corrected chi connectivity index (χ0v) is 20.6. The molecule has 2 aliphatic heterocycles. The quantitative estimate of drug-likeness (QED) is 0.453. The second kappa shape index (κ2) is 11.1. The Morgan fingerprint density at radius 2 is 1.77 bits per heavy atom. The predicted molar refractivity (Wildman–Crippen MR) is 139 cm³/mol. The first-order valence-corrected chi connectivity index (χ1v) is 13.0. The molecule has 6 nitrogen and oxygen atoms in total. The van der Waals surface area contributed by atoms with Gasteiger partial charge in [-0.2, -0.15) is 0 Å². The number of rotatable bonds is 8. The van der Waals surface area contributed by atoms with Crippen LogP contribution in [0.25, 0.3) is 22.0 Å². The van der Waals surface area contributed by atoms with E-state index in [0.29, 0.717) is 13.0 Å². The molecular weight excluding hydrogens is 438 g/mol. The molecule has 5 rings (SSSR count). The van der Waals surface area contributed by atoms with E-state index < -0.39 is 0 Å². The molecule has 3 aromatic rings. The highest BCUT2D eigenvalue weighted by atomic mass is 16.5. The number of amides is 1. The first-order chi connectivity index (χ1) is 17.2. The highest BCUT2D eigenvalue weighted by Gasteiger charge is 2.23. The Balaban J connectivity index is 1.29. The minimum atomic E-state index is 0.149. The zero-order valence-electron chi connectivity index (χ0n) is 20.6. The van der Waals surface area contributed by atoms with Crippen molar-refractivity contribution in [1.29, 1.82) is 0 Å². The highest BCUT2D eigenvalue weighted by molar-refractivity contribution is 5.92. The summed E-state index contributed by atoms with van der Waals surface area (Å²) < 4.78 is 12.6. The van der Waals surface area contributed by atoms with Gasteiger partial charge in [0, 0.05) is 56.0 Å². The van der Waals surface area contributed by atoms with E-state index >= 15 is 0 Å². The fourth-order valence-electron chi connectivity index (χ4n) is 5.13. The number of benzene rings is 2. The number of hydrogen-bond acceptors (Lipinski definition) is 5. The summed E-state index contributed by atoms with van der Waals surface area (Å²) in [7, 11) is 0. The molecular formula is C29H35N3O3. The Hall–Kier alpha value is -3.12. The summed E-state index contributed by atoms with van der Waals surface area (Å²) in [6.07, 6.45) is 6.86. The number of aromatic nitrogens is 1. The number of likely N-dealkylation sites (tertiary alicyclic amines) is 2. The van der Waals surface area contributed by atoms with Gasteiger partial charge in [0.1, 0.15) is 24.0 Å². The number of piperidine rings is 1. The fourth-order valence-corrected chi connectivity index (χ4v) is 5.13. The molecule has 0 saturated carbocycles. The van der Waals surface area contributed by atoms with E-state index in [1.807, 2.05) is 36.2 Å². The van der Waals surface area contributed by atoms with Crippen LogP contribution < -0.4 is 9.47 Å². The lowest BCUT2D eigenvalue weighted by molar-refractivity contribution is -0.132. The Kier molecular flexibility index (Phi) is 7.48. The van der Waals surface area contributed by atoms with Crippen LogP contribution in [0.4, 0.5) is 0 Å². The van der Waals surface area contributed by atoms with Crippen LogP contribution in [0, 0.1) is 0 Å². The van der Waals surface area contributed by atoms with Gasteiger partial charge in [0.2, 0.25) is 5.91 Å². The first-order valence-electron chi connectivity index (χ1n) is 13.0. The van der Waals surface area contributed by atoms with Crippen molar-refractivity contribution in [1.82, 2.24) is 14.8 Å². The third-order valence-electron chi connectivity index (χ3n) is 7.15. The van der Waals surface area contributed by atoms with Gasteiger partial charge in [0.15, 0.2) is 5.75 Å². The normalized spacial score (nSPS) is 17.1. The molecule has 0 bridgehead atoms. The number of nitrogens with zero attached hydrogens (tertiary/aromatic N) is 3. The highest BCUT2D eigenvalue weighted by Crippen LogP contribution is 2.36. The smallest absolute Gasteiger partial charge is 0.222 e. The third kappa shape index (κ3) is 5.59. The fraction of sp³-hybridized carbons (Fsp3) is 0.448. The molecule has 0 unspecified atom stereocenters. The van der Waals surface area contributed by atoms with E-state index in [1.54, 1.807) is 0 Å². The summed E-state index contributed by atoms with van der Waals surface area (Å²) in [4.78, 5) is 21.0. The summed E-state index contributed by atoms with van der Waals surface area (Å²) in [5.41, 5.74) is 3.04. The van der Waals surface area contributed by atoms with Crippen LogP contribution in [0.5, 0.6) is 11.5 Å². The summed E-state index contributed by atoms with van der Waals surface area (Å²) in [6, 6.07) is 16.6. The summed E-state index contributed by atoms with van der Waals surface area (Å²) in [5, 5.41) is 1.08. The van der Waals surface area contributed by atoms with Crippen molar-refractivity contribution in [3.05, 3.63) is 54.7 Å². The van der Waals surface area contributed by atoms with Crippen molar-refractivity contribution in [2.24, 2.45) is 0 Å². The molecule has 0 radical (unpaired) electrons. The molecule has 0 N–H and O–H groups in total. The number of ether oxygens (including phenoxy) is 2. The average Bonchev–Trinajstić information content (AvgIpc) is 3.43. The summed E-state index contributed by atoms with van der Waals surface area (Å²) in [6.45, 7) is 7.40. The molecule has 0 spiro atoms. The van der Waals surface area contributed by atoms with Gasteiger partial charge in [-0.3, -0.25) is 14.7 Å². The topological polar surface area (TPSA) is 54.9 Å². The maximum Gasteiger partial charge on any atom is 0.222 e. The number of carbonyl (C=O) groups excluding carboxylic acids is 1. The van der Waals surface area contributed by atoms with Crippen LogP contribution in [-0.4, -0.2) is 66.1 Å². The van der Waals surface area contributed by atoms with Crippen molar-refractivity contribution < 1.29 is 14.3 Å². The lowest BCUT2D eigenvalue weighted by atomic mass is 10.0. The lowest BCUT2D eigenvalue weighted by Gasteiger charge is -2.32. The molecule has 2 saturated heterocycles. The van der Waals surface area contributed by atoms with E-state index in [9.17, 15) is 4.79 Å². The van der Waals surface area contributed by atoms with Gasteiger partial charge >= 0.3 is 0 Å². The van der Waals surface area contributed by atoms with Gasteiger partial charge in [-0.05, 0) is 55.8 Å². The molecule has 6 heteroatoms. The molecule has 2 fully saturated rings. The molecule has 3 heterocycles. The Morgan fingerprint density at radius 1 is 1.00 bits per heavy atom. The van der Waals surface area contributed by atoms with Crippen LogP contribution in [0.1, 0.15) is 39.0 Å². The van der Waals surface area contributed by atoms with Gasteiger partial charge in [-0.25, -0.2) is 0 Å². The van der Waals surface area contributed by atoms with Crippen LogP contribution in [0.15, 0.2) is 54.7 Å². The number of carbonyl (C=O) groups is 1. The number of pyridine rings is 1. The van der Waals surface area contributed by atoms with Crippen LogP contribution in [0.2, 0.25) is 0 Å². The Labute approximate surface area is 207 Å². The van der Waals surface area contributed by atoms with E-state index in [-0.39, 0.29) is 12.0 Å². The van der Waals surface area contributed by atoms with Crippen molar-refractivity contribution >= 4 is 16.8 Å². The van der Waals surface area contributed by atoms with Crippen LogP contribution in [0.3, 0.4) is 0 Å². The van der Waals surface area contributed by atoms with E-state index in [2.05, 4.69) is 40.2 Å². The van der Waals surface area contributed by atoms with Gasteiger partial charge in [0.05, 0.1) is 0 Å². The van der Waals surface area contributed by atoms with E-state index in [1.165, 1.54) is 25.9 Å². The van der Waals surface area contributed by atoms with Gasteiger partial charge < -0.3 is 14.4 Å². The maximum absolute atomic E-state index is 11.9. The summed E-state index contributed by atoms with van der Waals surface area (Å²) in [5.74, 6) is 1.95. The molecule has 2 aliphatic rings. The Bertz CT molecular complexity index is 1130. The van der Waals surface area contributed by atoms with Crippen LogP contribution in [-0.2, 0) is 4.79 Å². The zero-order chi connectivity index (χ0) is 24.0. The second-order valence-corrected chi connectivity index (χ2v) is 9.49. The van der Waals surface area contributed by atoms with Gasteiger partial charge in [-0.1, -0.05) is 31.2 Å². The molecule has 184 valence electrons. The van der Waals surface area contributed by atoms with Gasteiger partial charge in [0.25, 0.3) is 0 Å². The lowest BCUT2D eigenvalue weighted by Crippen LogP contribution is -2.41. The van der Waals surface area contributed by atoms with Crippen LogP contribution >= 0.6 is 0 Å². The number of fused-ring (bicyclic) bond motifs is 1.